The molecule has 8 nitrogen and oxygen atoms in total. The molecule has 3 rings (SSSR count). The number of ether oxygens (including phenoxy) is 1. The lowest BCUT2D eigenvalue weighted by molar-refractivity contribution is -0.142. The van der Waals surface area contributed by atoms with E-state index in [0.29, 0.717) is 16.6 Å². The molecule has 9 heteroatoms. The summed E-state index contributed by atoms with van der Waals surface area (Å²) in [5.41, 5.74) is 0.322. The molecule has 1 saturated carbocycles. The van der Waals surface area contributed by atoms with Gasteiger partial charge in [-0.05, 0) is 18.9 Å². The van der Waals surface area contributed by atoms with E-state index in [1.54, 1.807) is 6.07 Å². The van der Waals surface area contributed by atoms with Crippen molar-refractivity contribution in [2.24, 2.45) is 0 Å². The highest BCUT2D eigenvalue weighted by atomic mass is 32.2. The first-order valence-corrected chi connectivity index (χ1v) is 9.91. The van der Waals surface area contributed by atoms with Gasteiger partial charge in [0.1, 0.15) is 12.3 Å². The van der Waals surface area contributed by atoms with Gasteiger partial charge in [0.15, 0.2) is 0 Å². The largest absolute Gasteiger partial charge is 0.461 e. The summed E-state index contributed by atoms with van der Waals surface area (Å²) in [6.07, 6.45) is 6.06. The van der Waals surface area contributed by atoms with Crippen molar-refractivity contribution in [3.05, 3.63) is 28.2 Å². The van der Waals surface area contributed by atoms with Gasteiger partial charge in [-0.15, -0.1) is 0 Å². The van der Waals surface area contributed by atoms with Gasteiger partial charge in [0.05, 0.1) is 5.56 Å². The summed E-state index contributed by atoms with van der Waals surface area (Å²) >= 11 is 0. The number of nitrogens with zero attached hydrogens (tertiary/aromatic N) is 3. The van der Waals surface area contributed by atoms with Crippen LogP contribution in [-0.2, 0) is 26.0 Å². The first kappa shape index (κ1) is 17.5. The summed E-state index contributed by atoms with van der Waals surface area (Å²) in [6.45, 7) is 1.14. The molecular formula is C16H19N3O5S. The fraction of sp³-hybridized carbons (Fsp3) is 0.500. The van der Waals surface area contributed by atoms with Crippen LogP contribution >= 0.6 is 0 Å². The van der Waals surface area contributed by atoms with Crippen molar-refractivity contribution >= 4 is 26.8 Å². The number of hydrogen-bond donors (Lipinski definition) is 0. The number of fused-ring (bicyclic) bond motifs is 1. The summed E-state index contributed by atoms with van der Waals surface area (Å²) in [5, 5.41) is 0.236. The molecule has 0 amide bonds. The monoisotopic (exact) mass is 365 g/mol. The summed E-state index contributed by atoms with van der Waals surface area (Å²) in [5.74, 6) is -0.476. The van der Waals surface area contributed by atoms with Crippen LogP contribution in [0.3, 0.4) is 0 Å². The fourth-order valence-electron chi connectivity index (χ4n) is 3.12. The molecule has 2 heterocycles. The molecule has 0 spiro atoms. The maximum absolute atomic E-state index is 12.9. The zero-order valence-electron chi connectivity index (χ0n) is 14.1. The summed E-state index contributed by atoms with van der Waals surface area (Å²) < 4.78 is 30.0. The number of aromatic nitrogens is 3. The van der Waals surface area contributed by atoms with Gasteiger partial charge >= 0.3 is 5.97 Å². The Labute approximate surface area is 144 Å². The van der Waals surface area contributed by atoms with Gasteiger partial charge in [0.2, 0.25) is 15.0 Å². The van der Waals surface area contributed by atoms with Crippen LogP contribution in [0.25, 0.3) is 11.0 Å². The zero-order chi connectivity index (χ0) is 18.2. The number of hydrogen-bond acceptors (Lipinski definition) is 7. The minimum absolute atomic E-state index is 0.0467. The van der Waals surface area contributed by atoms with E-state index in [1.165, 1.54) is 17.7 Å². The number of pyridine rings is 1. The van der Waals surface area contributed by atoms with E-state index in [-0.39, 0.29) is 23.4 Å². The lowest BCUT2D eigenvalue weighted by Gasteiger charge is -2.18. The molecule has 2 aromatic heterocycles. The van der Waals surface area contributed by atoms with Crippen LogP contribution < -0.4 is 5.56 Å². The average molecular weight is 365 g/mol. The van der Waals surface area contributed by atoms with Crippen molar-refractivity contribution in [2.45, 2.75) is 50.4 Å². The van der Waals surface area contributed by atoms with E-state index in [0.717, 1.165) is 31.9 Å². The van der Waals surface area contributed by atoms with Crippen molar-refractivity contribution in [1.29, 1.82) is 0 Å². The van der Waals surface area contributed by atoms with Gasteiger partial charge in [0.25, 0.3) is 5.56 Å². The number of carbonyl (C=O) groups is 1. The van der Waals surface area contributed by atoms with E-state index in [1.807, 2.05) is 0 Å². The van der Waals surface area contributed by atoms with Gasteiger partial charge in [-0.25, -0.2) is 13.4 Å². The zero-order valence-corrected chi connectivity index (χ0v) is 14.9. The highest BCUT2D eigenvalue weighted by molar-refractivity contribution is 7.90. The van der Waals surface area contributed by atoms with Gasteiger partial charge in [-0.2, -0.15) is 4.98 Å². The third-order valence-corrected chi connectivity index (χ3v) is 5.14. The predicted octanol–water partition coefficient (Wildman–Crippen LogP) is 1.37. The van der Waals surface area contributed by atoms with Crippen LogP contribution in [0.4, 0.5) is 0 Å². The van der Waals surface area contributed by atoms with E-state index in [4.69, 9.17) is 4.74 Å². The molecule has 0 aliphatic heterocycles. The first-order chi connectivity index (χ1) is 11.8. The minimum atomic E-state index is -3.59. The molecule has 0 atom stereocenters. The van der Waals surface area contributed by atoms with E-state index in [9.17, 15) is 18.0 Å². The Bertz CT molecular complexity index is 991. The molecule has 1 aliphatic carbocycles. The molecular weight excluding hydrogens is 346 g/mol. The lowest BCUT2D eigenvalue weighted by Crippen LogP contribution is -2.28. The Kier molecular flexibility index (Phi) is 4.59. The second-order valence-electron chi connectivity index (χ2n) is 6.27. The van der Waals surface area contributed by atoms with Crippen LogP contribution in [0.5, 0.6) is 0 Å². The van der Waals surface area contributed by atoms with Crippen LogP contribution in [0, 0.1) is 0 Å². The fourth-order valence-corrected chi connectivity index (χ4v) is 3.62. The van der Waals surface area contributed by atoms with Crippen molar-refractivity contribution in [3.63, 3.8) is 0 Å². The quantitative estimate of drug-likeness (QED) is 0.595. The molecule has 0 saturated heterocycles. The molecule has 25 heavy (non-hydrogen) atoms. The number of rotatable bonds is 4. The van der Waals surface area contributed by atoms with Crippen LogP contribution in [0.15, 0.2) is 22.2 Å². The topological polar surface area (TPSA) is 108 Å². The molecule has 1 fully saturated rings. The minimum Gasteiger partial charge on any atom is -0.461 e. The molecule has 1 aliphatic rings. The molecule has 0 bridgehead atoms. The standard InChI is InChI=1S/C16H19N3O5S/c1-10(20)24-9-12-7-11-8-17-16(25(2,22)23)18-14(11)19(15(12)21)13-5-3-4-6-13/h7-8,13H,3-6,9H2,1-2H3. The average Bonchev–Trinajstić information content (AvgIpc) is 3.05. The van der Waals surface area contributed by atoms with Crippen LogP contribution in [-0.4, -0.2) is 35.2 Å². The van der Waals surface area contributed by atoms with E-state index < -0.39 is 15.8 Å². The smallest absolute Gasteiger partial charge is 0.302 e. The summed E-state index contributed by atoms with van der Waals surface area (Å²) in [6, 6.07) is 1.51. The van der Waals surface area contributed by atoms with Crippen LogP contribution in [0.1, 0.15) is 44.2 Å². The Morgan fingerprint density at radius 3 is 2.64 bits per heavy atom. The highest BCUT2D eigenvalue weighted by Crippen LogP contribution is 2.30. The Balaban J connectivity index is 2.24. The summed E-state index contributed by atoms with van der Waals surface area (Å²) in [7, 11) is -3.59. The molecule has 0 unspecified atom stereocenters. The molecule has 0 N–H and O–H groups in total. The van der Waals surface area contributed by atoms with Crippen molar-refractivity contribution in [3.8, 4) is 0 Å². The van der Waals surface area contributed by atoms with E-state index in [2.05, 4.69) is 9.97 Å². The molecule has 0 radical (unpaired) electrons. The summed E-state index contributed by atoms with van der Waals surface area (Å²) in [4.78, 5) is 32.0. The maximum Gasteiger partial charge on any atom is 0.302 e. The lowest BCUT2D eigenvalue weighted by atomic mass is 10.2. The second kappa shape index (κ2) is 6.55. The van der Waals surface area contributed by atoms with Crippen molar-refractivity contribution in [1.82, 2.24) is 14.5 Å². The van der Waals surface area contributed by atoms with Gasteiger partial charge in [-0.1, -0.05) is 12.8 Å². The molecule has 2 aromatic rings. The third-order valence-electron chi connectivity index (χ3n) is 4.28. The Morgan fingerprint density at radius 2 is 2.04 bits per heavy atom. The van der Waals surface area contributed by atoms with Crippen molar-refractivity contribution < 1.29 is 17.9 Å². The highest BCUT2D eigenvalue weighted by Gasteiger charge is 2.24. The van der Waals surface area contributed by atoms with Crippen LogP contribution in [0.2, 0.25) is 0 Å². The normalized spacial score (nSPS) is 15.6. The van der Waals surface area contributed by atoms with Gasteiger partial charge in [0, 0.05) is 30.8 Å². The number of sulfone groups is 1. The van der Waals surface area contributed by atoms with Crippen molar-refractivity contribution in [2.75, 3.05) is 6.26 Å². The number of carbonyl (C=O) groups excluding carboxylic acids is 1. The molecule has 134 valence electrons. The SMILES string of the molecule is CC(=O)OCc1cc2cnc(S(C)(=O)=O)nc2n(C2CCCC2)c1=O. The first-order valence-electron chi connectivity index (χ1n) is 8.02. The Morgan fingerprint density at radius 1 is 1.36 bits per heavy atom. The predicted molar refractivity (Wildman–Crippen MR) is 89.9 cm³/mol. The molecule has 0 aromatic carbocycles. The third kappa shape index (κ3) is 3.55. The maximum atomic E-state index is 12.9. The van der Waals surface area contributed by atoms with Gasteiger partial charge < -0.3 is 4.74 Å². The van der Waals surface area contributed by atoms with Gasteiger partial charge in [-0.3, -0.25) is 14.2 Å². The number of esters is 1. The van der Waals surface area contributed by atoms with E-state index >= 15 is 0 Å². The second-order valence-corrected chi connectivity index (χ2v) is 8.18. The Hall–Kier alpha value is -2.29.